The summed E-state index contributed by atoms with van der Waals surface area (Å²) in [4.78, 5) is 13.7. The zero-order valence-electron chi connectivity index (χ0n) is 28.8. The van der Waals surface area contributed by atoms with Crippen LogP contribution in [0.2, 0.25) is 0 Å². The van der Waals surface area contributed by atoms with Gasteiger partial charge in [0.1, 0.15) is 17.2 Å². The fourth-order valence-electron chi connectivity index (χ4n) is 6.24. The highest BCUT2D eigenvalue weighted by atomic mass is 16.5. The largest absolute Gasteiger partial charge is 0.496 e. The Labute approximate surface area is 289 Å². The van der Waals surface area contributed by atoms with Crippen molar-refractivity contribution in [3.8, 4) is 17.2 Å². The molecule has 0 radical (unpaired) electrons. The molecule has 1 aliphatic heterocycles. The third-order valence-electron chi connectivity index (χ3n) is 8.80. The van der Waals surface area contributed by atoms with Crippen LogP contribution >= 0.6 is 0 Å². The Morgan fingerprint density at radius 3 is 1.80 bits per heavy atom. The van der Waals surface area contributed by atoms with Crippen molar-refractivity contribution in [3.05, 3.63) is 124 Å². The number of carbonyl (C=O) groups is 1. The molecule has 4 aromatic carbocycles. The van der Waals surface area contributed by atoms with Gasteiger partial charge < -0.3 is 38.4 Å². The number of likely N-dealkylation sites (tertiary alicyclic amines) is 1. The van der Waals surface area contributed by atoms with E-state index >= 15 is 0 Å². The monoisotopic (exact) mass is 669 g/mol. The van der Waals surface area contributed by atoms with Crippen LogP contribution in [0.5, 0.6) is 17.2 Å². The van der Waals surface area contributed by atoms with Gasteiger partial charge in [0, 0.05) is 12.3 Å². The number of methoxy groups -OCH3 is 2. The second kappa shape index (κ2) is 17.7. The predicted octanol–water partition coefficient (Wildman–Crippen LogP) is 7.55. The molecule has 1 aliphatic rings. The lowest BCUT2D eigenvalue weighted by molar-refractivity contribution is -0.0937. The van der Waals surface area contributed by atoms with E-state index in [0.717, 1.165) is 57.1 Å². The lowest BCUT2D eigenvalue weighted by Crippen LogP contribution is -2.54. The van der Waals surface area contributed by atoms with Crippen molar-refractivity contribution in [1.29, 1.82) is 0 Å². The van der Waals surface area contributed by atoms with Crippen molar-refractivity contribution in [2.45, 2.75) is 58.2 Å². The summed E-state index contributed by atoms with van der Waals surface area (Å²) in [6, 6.07) is 29.9. The van der Waals surface area contributed by atoms with E-state index in [1.807, 2.05) is 92.7 Å². The summed E-state index contributed by atoms with van der Waals surface area (Å²) in [5.74, 6) is 2.14. The van der Waals surface area contributed by atoms with E-state index in [1.165, 1.54) is 4.90 Å². The molecule has 49 heavy (non-hydrogen) atoms. The van der Waals surface area contributed by atoms with E-state index in [-0.39, 0.29) is 19.0 Å². The second-order valence-electron chi connectivity index (χ2n) is 12.3. The zero-order chi connectivity index (χ0) is 34.6. The standard InChI is InChI=1S/C40H47NO8/c1-28-21-31(11-17-35(28)44-3)26-48-37-23-41(40(42)43)24-38(49-27-32-12-18-36(45-4)29(2)22-32)39(37)33-13-15-34(16-14-33)47-20-8-19-46-25-30-9-6-5-7-10-30/h5-7,9-18,21-22,37-39H,8,19-20,23-27H2,1-4H3,(H,42,43)/t37-,38+,39?. The number of carboxylic acid groups (broad SMARTS) is 1. The molecule has 9 heteroatoms. The maximum absolute atomic E-state index is 12.3. The van der Waals surface area contributed by atoms with Gasteiger partial charge in [-0.05, 0) is 71.5 Å². The zero-order valence-corrected chi connectivity index (χ0v) is 28.8. The highest BCUT2D eigenvalue weighted by molar-refractivity contribution is 5.65. The van der Waals surface area contributed by atoms with Gasteiger partial charge in [-0.2, -0.15) is 0 Å². The first-order valence-electron chi connectivity index (χ1n) is 16.7. The van der Waals surface area contributed by atoms with Gasteiger partial charge in [0.2, 0.25) is 0 Å². The fraction of sp³-hybridized carbons (Fsp3) is 0.375. The third kappa shape index (κ3) is 9.98. The molecule has 0 bridgehead atoms. The van der Waals surface area contributed by atoms with Crippen LogP contribution in [0.1, 0.15) is 45.7 Å². The van der Waals surface area contributed by atoms with Gasteiger partial charge >= 0.3 is 6.09 Å². The summed E-state index contributed by atoms with van der Waals surface area (Å²) >= 11 is 0. The van der Waals surface area contributed by atoms with Crippen LogP contribution in [-0.2, 0) is 34.0 Å². The van der Waals surface area contributed by atoms with E-state index < -0.39 is 18.3 Å². The van der Waals surface area contributed by atoms with E-state index in [9.17, 15) is 9.90 Å². The Morgan fingerprint density at radius 2 is 1.29 bits per heavy atom. The summed E-state index contributed by atoms with van der Waals surface area (Å²) in [6.45, 7) is 6.78. The predicted molar refractivity (Wildman–Crippen MR) is 188 cm³/mol. The van der Waals surface area contributed by atoms with Gasteiger partial charge in [-0.25, -0.2) is 4.79 Å². The number of amides is 1. The molecule has 3 atom stereocenters. The molecule has 0 aromatic heterocycles. The van der Waals surface area contributed by atoms with Crippen LogP contribution in [0.4, 0.5) is 4.79 Å². The van der Waals surface area contributed by atoms with Crippen molar-refractivity contribution < 1.29 is 38.3 Å². The molecule has 5 rings (SSSR count). The van der Waals surface area contributed by atoms with Gasteiger partial charge in [0.05, 0.1) is 72.6 Å². The third-order valence-corrected chi connectivity index (χ3v) is 8.80. The Balaban J connectivity index is 1.29. The molecule has 0 aliphatic carbocycles. The van der Waals surface area contributed by atoms with E-state index in [0.29, 0.717) is 33.0 Å². The second-order valence-corrected chi connectivity index (χ2v) is 12.3. The number of hydrogen-bond donors (Lipinski definition) is 1. The minimum Gasteiger partial charge on any atom is -0.496 e. The topological polar surface area (TPSA) is 95.9 Å². The number of aryl methyl sites for hydroxylation is 2. The first-order valence-corrected chi connectivity index (χ1v) is 16.7. The number of ether oxygens (including phenoxy) is 6. The highest BCUT2D eigenvalue weighted by Gasteiger charge is 2.41. The minimum absolute atomic E-state index is 0.220. The van der Waals surface area contributed by atoms with E-state index in [2.05, 4.69) is 12.1 Å². The summed E-state index contributed by atoms with van der Waals surface area (Å²) in [5.41, 5.74) is 6.11. The van der Waals surface area contributed by atoms with Gasteiger partial charge in [0.15, 0.2) is 0 Å². The summed E-state index contributed by atoms with van der Waals surface area (Å²) in [6.07, 6.45) is -1.14. The quantitative estimate of drug-likeness (QED) is 0.122. The molecule has 0 spiro atoms. The van der Waals surface area contributed by atoms with E-state index in [4.69, 9.17) is 28.4 Å². The van der Waals surface area contributed by atoms with Crippen LogP contribution < -0.4 is 14.2 Å². The SMILES string of the molecule is COc1ccc(CO[C@H]2CN(C(=O)O)C[C@@H](OCc3ccc(OC)c(C)c3)C2c2ccc(OCCCOCc3ccccc3)cc2)cc1C. The Hall–Kier alpha value is -4.57. The lowest BCUT2D eigenvalue weighted by atomic mass is 9.84. The number of rotatable bonds is 16. The molecule has 1 unspecified atom stereocenters. The lowest BCUT2D eigenvalue weighted by Gasteiger charge is -2.42. The Kier molecular flexibility index (Phi) is 12.9. The summed E-state index contributed by atoms with van der Waals surface area (Å²) in [5, 5.41) is 10.1. The average molecular weight is 670 g/mol. The summed E-state index contributed by atoms with van der Waals surface area (Å²) in [7, 11) is 3.30. The fourth-order valence-corrected chi connectivity index (χ4v) is 6.24. The molecule has 1 fully saturated rings. The number of benzene rings is 4. The maximum atomic E-state index is 12.3. The summed E-state index contributed by atoms with van der Waals surface area (Å²) < 4.78 is 35.8. The normalized spacial score (nSPS) is 17.5. The van der Waals surface area contributed by atoms with Gasteiger partial charge in [0.25, 0.3) is 0 Å². The molecule has 9 nitrogen and oxygen atoms in total. The number of hydrogen-bond acceptors (Lipinski definition) is 7. The van der Waals surface area contributed by atoms with Crippen molar-refractivity contribution in [3.63, 3.8) is 0 Å². The van der Waals surface area contributed by atoms with Crippen LogP contribution in [-0.4, -0.2) is 68.8 Å². The van der Waals surface area contributed by atoms with Crippen molar-refractivity contribution in [2.75, 3.05) is 40.5 Å². The molecule has 260 valence electrons. The van der Waals surface area contributed by atoms with Gasteiger partial charge in [-0.15, -0.1) is 0 Å². The van der Waals surface area contributed by atoms with Crippen molar-refractivity contribution in [1.82, 2.24) is 4.90 Å². The number of nitrogens with zero attached hydrogens (tertiary/aromatic N) is 1. The van der Waals surface area contributed by atoms with Crippen LogP contribution in [0.15, 0.2) is 91.0 Å². The van der Waals surface area contributed by atoms with Crippen molar-refractivity contribution in [2.24, 2.45) is 0 Å². The van der Waals surface area contributed by atoms with Gasteiger partial charge in [-0.3, -0.25) is 0 Å². The molecule has 1 N–H and O–H groups in total. The number of piperidine rings is 1. The average Bonchev–Trinajstić information content (AvgIpc) is 3.12. The van der Waals surface area contributed by atoms with Crippen LogP contribution in [0, 0.1) is 13.8 Å². The Bertz CT molecular complexity index is 1560. The minimum atomic E-state index is -1.00. The molecule has 1 amide bonds. The van der Waals surface area contributed by atoms with Crippen LogP contribution in [0.25, 0.3) is 0 Å². The molecular formula is C40H47NO8. The first-order chi connectivity index (χ1) is 23.8. The molecule has 0 saturated carbocycles. The van der Waals surface area contributed by atoms with Crippen molar-refractivity contribution >= 4 is 6.09 Å². The Morgan fingerprint density at radius 1 is 0.714 bits per heavy atom. The maximum Gasteiger partial charge on any atom is 0.407 e. The smallest absolute Gasteiger partial charge is 0.407 e. The molecule has 4 aromatic rings. The molecule has 1 heterocycles. The molecule has 1 saturated heterocycles. The first kappa shape index (κ1) is 35.7. The van der Waals surface area contributed by atoms with E-state index in [1.54, 1.807) is 14.2 Å². The van der Waals surface area contributed by atoms with Crippen LogP contribution in [0.3, 0.4) is 0 Å². The highest BCUT2D eigenvalue weighted by Crippen LogP contribution is 2.35. The van der Waals surface area contributed by atoms with Gasteiger partial charge in [-0.1, -0.05) is 66.7 Å². The molecular weight excluding hydrogens is 622 g/mol.